The van der Waals surface area contributed by atoms with E-state index >= 15 is 0 Å². The third-order valence-corrected chi connectivity index (χ3v) is 6.84. The molecule has 6 nitrogen and oxygen atoms in total. The van der Waals surface area contributed by atoms with Crippen LogP contribution in [0.1, 0.15) is 16.1 Å². The van der Waals surface area contributed by atoms with Crippen molar-refractivity contribution < 1.29 is 17.6 Å². The van der Waals surface area contributed by atoms with Crippen LogP contribution in [-0.2, 0) is 10.0 Å². The van der Waals surface area contributed by atoms with Gasteiger partial charge < -0.3 is 9.32 Å². The number of piperazine rings is 1. The molecule has 1 saturated heterocycles. The van der Waals surface area contributed by atoms with Crippen molar-refractivity contribution in [2.75, 3.05) is 26.2 Å². The number of hydrogen-bond acceptors (Lipinski definition) is 4. The summed E-state index contributed by atoms with van der Waals surface area (Å²) in [4.78, 5) is 14.4. The molecule has 1 aliphatic rings. The summed E-state index contributed by atoms with van der Waals surface area (Å²) in [6.07, 6.45) is 1.49. The Kier molecular flexibility index (Phi) is 4.49. The van der Waals surface area contributed by atoms with Crippen molar-refractivity contribution in [3.8, 4) is 0 Å². The summed E-state index contributed by atoms with van der Waals surface area (Å²) in [7, 11) is -3.59. The molecule has 0 atom stereocenters. The zero-order valence-corrected chi connectivity index (χ0v) is 15.8. The lowest BCUT2D eigenvalue weighted by Gasteiger charge is -2.33. The minimum absolute atomic E-state index is 0.194. The van der Waals surface area contributed by atoms with Gasteiger partial charge in [0.2, 0.25) is 10.0 Å². The van der Waals surface area contributed by atoms with Gasteiger partial charge in [-0.3, -0.25) is 4.79 Å². The minimum Gasteiger partial charge on any atom is -0.459 e. The van der Waals surface area contributed by atoms with Crippen LogP contribution < -0.4 is 0 Å². The predicted molar refractivity (Wildman–Crippen MR) is 102 cm³/mol. The fraction of sp³-hybridized carbons (Fsp3) is 0.250. The summed E-state index contributed by atoms with van der Waals surface area (Å²) in [5.41, 5.74) is 0.784. The highest BCUT2D eigenvalue weighted by Gasteiger charge is 2.31. The molecule has 1 aliphatic heterocycles. The molecule has 27 heavy (non-hydrogen) atoms. The Balaban J connectivity index is 1.51. The van der Waals surface area contributed by atoms with Gasteiger partial charge in [-0.05, 0) is 35.9 Å². The summed E-state index contributed by atoms with van der Waals surface area (Å²) < 4.78 is 32.7. The Bertz CT molecular complexity index is 1100. The highest BCUT2D eigenvalue weighted by Crippen LogP contribution is 2.23. The van der Waals surface area contributed by atoms with Crippen molar-refractivity contribution in [1.82, 2.24) is 9.21 Å². The highest BCUT2D eigenvalue weighted by atomic mass is 32.2. The van der Waals surface area contributed by atoms with Crippen molar-refractivity contribution in [3.63, 3.8) is 0 Å². The molecule has 140 valence electrons. The quantitative estimate of drug-likeness (QED) is 0.696. The van der Waals surface area contributed by atoms with Crippen molar-refractivity contribution in [1.29, 1.82) is 0 Å². The van der Waals surface area contributed by atoms with Crippen molar-refractivity contribution >= 4 is 26.7 Å². The third kappa shape index (κ3) is 3.24. The van der Waals surface area contributed by atoms with Crippen LogP contribution in [0.4, 0.5) is 0 Å². The van der Waals surface area contributed by atoms with E-state index in [4.69, 9.17) is 4.42 Å². The van der Waals surface area contributed by atoms with Crippen molar-refractivity contribution in [2.24, 2.45) is 0 Å². The van der Waals surface area contributed by atoms with Gasteiger partial charge in [0.15, 0.2) is 5.76 Å². The molecule has 0 unspecified atom stereocenters. The van der Waals surface area contributed by atoms with Crippen LogP contribution >= 0.6 is 0 Å². The smallest absolute Gasteiger partial charge is 0.289 e. The van der Waals surface area contributed by atoms with E-state index in [9.17, 15) is 13.2 Å². The normalized spacial score (nSPS) is 16.0. The largest absolute Gasteiger partial charge is 0.459 e. The lowest BCUT2D eigenvalue weighted by Crippen LogP contribution is -2.50. The molecule has 0 aliphatic carbocycles. The zero-order valence-electron chi connectivity index (χ0n) is 15.0. The molecule has 2 aromatic carbocycles. The molecule has 2 heterocycles. The summed E-state index contributed by atoms with van der Waals surface area (Å²) in [6, 6.07) is 14.6. The SMILES string of the molecule is Cc1ccoc1C(=O)N1CCN(S(=O)(=O)c2ccc3ccccc3c2)CC1. The van der Waals surface area contributed by atoms with Gasteiger partial charge in [-0.1, -0.05) is 30.3 Å². The first kappa shape index (κ1) is 17.8. The van der Waals surface area contributed by atoms with Crippen LogP contribution in [-0.4, -0.2) is 49.7 Å². The second kappa shape index (κ2) is 6.83. The fourth-order valence-corrected chi connectivity index (χ4v) is 4.80. The van der Waals surface area contributed by atoms with E-state index in [2.05, 4.69) is 0 Å². The van der Waals surface area contributed by atoms with E-state index in [1.54, 1.807) is 23.1 Å². The van der Waals surface area contributed by atoms with Crippen LogP contribution in [0.25, 0.3) is 10.8 Å². The van der Waals surface area contributed by atoms with Crippen LogP contribution in [0.2, 0.25) is 0 Å². The highest BCUT2D eigenvalue weighted by molar-refractivity contribution is 7.89. The number of nitrogens with zero attached hydrogens (tertiary/aromatic N) is 2. The lowest BCUT2D eigenvalue weighted by molar-refractivity contribution is 0.0665. The number of carbonyl (C=O) groups is 1. The maximum atomic E-state index is 13.0. The Morgan fingerprint density at radius 3 is 2.33 bits per heavy atom. The van der Waals surface area contributed by atoms with Crippen LogP contribution in [0, 0.1) is 6.92 Å². The number of amides is 1. The van der Waals surface area contributed by atoms with E-state index in [-0.39, 0.29) is 23.9 Å². The number of rotatable bonds is 3. The van der Waals surface area contributed by atoms with Gasteiger partial charge >= 0.3 is 0 Å². The Morgan fingerprint density at radius 2 is 1.67 bits per heavy atom. The van der Waals surface area contributed by atoms with Crippen LogP contribution in [0.3, 0.4) is 0 Å². The topological polar surface area (TPSA) is 70.8 Å². The molecule has 4 rings (SSSR count). The lowest BCUT2D eigenvalue weighted by atomic mass is 10.1. The second-order valence-electron chi connectivity index (χ2n) is 6.64. The van der Waals surface area contributed by atoms with E-state index < -0.39 is 10.0 Å². The number of benzene rings is 2. The van der Waals surface area contributed by atoms with Crippen molar-refractivity contribution in [2.45, 2.75) is 11.8 Å². The molecule has 1 aromatic heterocycles. The van der Waals surface area contributed by atoms with Gasteiger partial charge in [-0.15, -0.1) is 0 Å². The molecule has 3 aromatic rings. The molecule has 0 saturated carbocycles. The van der Waals surface area contributed by atoms with Gasteiger partial charge in [0, 0.05) is 31.7 Å². The van der Waals surface area contributed by atoms with Crippen LogP contribution in [0.15, 0.2) is 64.1 Å². The minimum atomic E-state index is -3.59. The molecule has 0 radical (unpaired) electrons. The Morgan fingerprint density at radius 1 is 0.963 bits per heavy atom. The van der Waals surface area contributed by atoms with E-state index in [0.717, 1.165) is 16.3 Å². The molecule has 0 spiro atoms. The van der Waals surface area contributed by atoms with E-state index in [0.29, 0.717) is 18.8 Å². The standard InChI is InChI=1S/C20H20N2O4S/c1-15-8-13-26-19(15)20(23)21-9-11-22(12-10-21)27(24,25)18-7-6-16-4-2-3-5-17(16)14-18/h2-8,13-14H,9-12H2,1H3. The maximum absolute atomic E-state index is 13.0. The van der Waals surface area contributed by atoms with Crippen molar-refractivity contribution in [3.05, 3.63) is 66.1 Å². The third-order valence-electron chi connectivity index (χ3n) is 4.94. The summed E-state index contributed by atoms with van der Waals surface area (Å²) in [5.74, 6) is 0.126. The van der Waals surface area contributed by atoms with Gasteiger partial charge in [0.25, 0.3) is 5.91 Å². The first-order valence-corrected chi connectivity index (χ1v) is 10.2. The first-order chi connectivity index (χ1) is 13.0. The van der Waals surface area contributed by atoms with E-state index in [1.165, 1.54) is 10.6 Å². The molecule has 1 fully saturated rings. The summed E-state index contributed by atoms with van der Waals surface area (Å²) in [5, 5.41) is 1.89. The van der Waals surface area contributed by atoms with E-state index in [1.807, 2.05) is 37.3 Å². The molecular weight excluding hydrogens is 364 g/mol. The average Bonchev–Trinajstić information content (AvgIpc) is 3.13. The number of hydrogen-bond donors (Lipinski definition) is 0. The maximum Gasteiger partial charge on any atom is 0.289 e. The Hall–Kier alpha value is -2.64. The zero-order chi connectivity index (χ0) is 19.0. The van der Waals surface area contributed by atoms with Gasteiger partial charge in [0.05, 0.1) is 11.2 Å². The number of sulfonamides is 1. The van der Waals surface area contributed by atoms with Gasteiger partial charge in [-0.25, -0.2) is 8.42 Å². The molecule has 0 bridgehead atoms. The van der Waals surface area contributed by atoms with Gasteiger partial charge in [0.1, 0.15) is 0 Å². The number of furan rings is 1. The first-order valence-electron chi connectivity index (χ1n) is 8.79. The molecule has 7 heteroatoms. The predicted octanol–water partition coefficient (Wildman–Crippen LogP) is 2.89. The monoisotopic (exact) mass is 384 g/mol. The van der Waals surface area contributed by atoms with Gasteiger partial charge in [-0.2, -0.15) is 4.31 Å². The fourth-order valence-electron chi connectivity index (χ4n) is 3.34. The van der Waals surface area contributed by atoms with Crippen LogP contribution in [0.5, 0.6) is 0 Å². The second-order valence-corrected chi connectivity index (χ2v) is 8.58. The summed E-state index contributed by atoms with van der Waals surface area (Å²) in [6.45, 7) is 3.02. The Labute approximate surface area is 158 Å². The number of fused-ring (bicyclic) bond motifs is 1. The molecular formula is C20H20N2O4S. The average molecular weight is 384 g/mol. The summed E-state index contributed by atoms with van der Waals surface area (Å²) >= 11 is 0. The number of aryl methyl sites for hydroxylation is 1. The molecule has 0 N–H and O–H groups in total. The number of carbonyl (C=O) groups excluding carboxylic acids is 1. The molecule has 1 amide bonds.